The van der Waals surface area contributed by atoms with Gasteiger partial charge in [-0.05, 0) is 70.1 Å². The highest BCUT2D eigenvalue weighted by Crippen LogP contribution is 2.41. The van der Waals surface area contributed by atoms with E-state index in [0.29, 0.717) is 30.1 Å². The summed E-state index contributed by atoms with van der Waals surface area (Å²) >= 11 is 9.19. The van der Waals surface area contributed by atoms with Gasteiger partial charge in [-0.2, -0.15) is 0 Å². The minimum Gasteiger partial charge on any atom is -0.296 e. The molecule has 2 N–H and O–H groups in total. The molecule has 0 aliphatic rings. The quantitative estimate of drug-likeness (QED) is 0.183. The van der Waals surface area contributed by atoms with E-state index >= 15 is 0 Å². The van der Waals surface area contributed by atoms with Gasteiger partial charge in [0.05, 0.1) is 0 Å². The highest BCUT2D eigenvalue weighted by Gasteiger charge is 2.14. The fraction of sp³-hybridized carbons (Fsp3) is 0. The highest BCUT2D eigenvalue weighted by molar-refractivity contribution is 9.10. The van der Waals surface area contributed by atoms with Crippen LogP contribution in [0.15, 0.2) is 66.2 Å². The van der Waals surface area contributed by atoms with Crippen molar-refractivity contribution in [1.29, 1.82) is 0 Å². The number of anilines is 2. The molecule has 162 valence electrons. The van der Waals surface area contributed by atoms with Gasteiger partial charge in [-0.25, -0.2) is 0 Å². The zero-order chi connectivity index (χ0) is 22.5. The summed E-state index contributed by atoms with van der Waals surface area (Å²) < 4.78 is 3.09. The monoisotopic (exact) mass is 628 g/mol. The number of aromatic nitrogens is 4. The number of carbonyl (C=O) groups is 2. The molecule has 8 nitrogen and oxygen atoms in total. The lowest BCUT2D eigenvalue weighted by atomic mass is 10.2. The van der Waals surface area contributed by atoms with Gasteiger partial charge in [0.1, 0.15) is 0 Å². The smallest absolute Gasteiger partial charge is 0.257 e. The molecule has 4 aromatic rings. The fourth-order valence-corrected chi connectivity index (χ4v) is 6.56. The number of amides is 2. The lowest BCUT2D eigenvalue weighted by molar-refractivity contribution is 0.101. The van der Waals surface area contributed by atoms with E-state index in [-0.39, 0.29) is 11.8 Å². The SMILES string of the molecule is O=C(Nc1nnc(SSc2nnc(NC(=O)c3ccc(Br)cc3)s2)s1)c1ccc(Br)cc1. The predicted molar refractivity (Wildman–Crippen MR) is 136 cm³/mol. The van der Waals surface area contributed by atoms with Crippen molar-refractivity contribution in [2.75, 3.05) is 10.6 Å². The number of nitrogens with zero attached hydrogens (tertiary/aromatic N) is 4. The van der Waals surface area contributed by atoms with Crippen molar-refractivity contribution in [2.24, 2.45) is 0 Å². The Morgan fingerprint density at radius 1 is 0.656 bits per heavy atom. The number of hydrogen-bond acceptors (Lipinski definition) is 10. The second kappa shape index (κ2) is 10.9. The normalized spacial score (nSPS) is 10.7. The Balaban J connectivity index is 1.29. The van der Waals surface area contributed by atoms with Gasteiger partial charge in [0.25, 0.3) is 11.8 Å². The summed E-state index contributed by atoms with van der Waals surface area (Å²) in [6.45, 7) is 0. The molecule has 2 amide bonds. The summed E-state index contributed by atoms with van der Waals surface area (Å²) in [6.07, 6.45) is 0. The van der Waals surface area contributed by atoms with Crippen molar-refractivity contribution in [1.82, 2.24) is 20.4 Å². The van der Waals surface area contributed by atoms with Crippen LogP contribution in [0.25, 0.3) is 0 Å². The van der Waals surface area contributed by atoms with Crippen LogP contribution in [0.1, 0.15) is 20.7 Å². The van der Waals surface area contributed by atoms with Gasteiger partial charge >= 0.3 is 0 Å². The van der Waals surface area contributed by atoms with E-state index in [9.17, 15) is 9.59 Å². The van der Waals surface area contributed by atoms with Crippen LogP contribution in [0.3, 0.4) is 0 Å². The standard InChI is InChI=1S/C18H10Br2N6O2S4/c19-11-5-1-9(2-6-11)13(27)21-15-23-25-17(29-15)31-32-18-26-24-16(30-18)22-14(28)10-3-7-12(20)8-4-10/h1-8H,(H,21,23,27)(H,22,24,28). The van der Waals surface area contributed by atoms with E-state index < -0.39 is 0 Å². The molecule has 0 saturated heterocycles. The first-order valence-electron chi connectivity index (χ1n) is 8.61. The van der Waals surface area contributed by atoms with Crippen molar-refractivity contribution in [3.8, 4) is 0 Å². The number of carbonyl (C=O) groups excluding carboxylic acids is 2. The summed E-state index contributed by atoms with van der Waals surface area (Å²) in [5, 5.41) is 22.4. The molecule has 0 unspecified atom stereocenters. The Morgan fingerprint density at radius 2 is 1.03 bits per heavy atom. The average Bonchev–Trinajstić information content (AvgIpc) is 3.42. The molecule has 0 aliphatic carbocycles. The number of hydrogen-bond donors (Lipinski definition) is 2. The van der Waals surface area contributed by atoms with Gasteiger partial charge in [-0.1, -0.05) is 54.5 Å². The van der Waals surface area contributed by atoms with Gasteiger partial charge in [0, 0.05) is 20.1 Å². The molecule has 0 bridgehead atoms. The molecule has 14 heteroatoms. The Morgan fingerprint density at radius 3 is 1.41 bits per heavy atom. The van der Waals surface area contributed by atoms with Crippen LogP contribution in [-0.4, -0.2) is 32.2 Å². The number of rotatable bonds is 7. The Hall–Kier alpha value is -1.84. The van der Waals surface area contributed by atoms with Crippen molar-refractivity contribution in [3.63, 3.8) is 0 Å². The van der Waals surface area contributed by atoms with Crippen LogP contribution in [0.5, 0.6) is 0 Å². The second-order valence-electron chi connectivity index (χ2n) is 5.83. The van der Waals surface area contributed by atoms with E-state index in [0.717, 1.165) is 8.95 Å². The number of benzene rings is 2. The largest absolute Gasteiger partial charge is 0.296 e. The lowest BCUT2D eigenvalue weighted by Crippen LogP contribution is -2.11. The lowest BCUT2D eigenvalue weighted by Gasteiger charge is -2.00. The molecule has 2 aromatic heterocycles. The second-order valence-corrected chi connectivity index (χ2v) is 12.2. The first-order chi connectivity index (χ1) is 15.5. The molecule has 0 fully saturated rings. The third-order valence-electron chi connectivity index (χ3n) is 3.65. The maximum atomic E-state index is 12.3. The molecule has 0 saturated carbocycles. The third-order valence-corrected chi connectivity index (χ3v) is 9.34. The molecule has 0 radical (unpaired) electrons. The van der Waals surface area contributed by atoms with Gasteiger partial charge in [-0.15, -0.1) is 20.4 Å². The maximum absolute atomic E-state index is 12.3. The summed E-state index contributed by atoms with van der Waals surface area (Å²) in [7, 11) is 2.69. The molecule has 0 aliphatic heterocycles. The third kappa shape index (κ3) is 6.36. The van der Waals surface area contributed by atoms with E-state index in [1.165, 1.54) is 44.3 Å². The van der Waals surface area contributed by atoms with Crippen LogP contribution in [0.4, 0.5) is 10.3 Å². The van der Waals surface area contributed by atoms with E-state index in [1.807, 2.05) is 0 Å². The minimum atomic E-state index is -0.256. The summed E-state index contributed by atoms with van der Waals surface area (Å²) in [4.78, 5) is 24.5. The van der Waals surface area contributed by atoms with Gasteiger partial charge in [0.2, 0.25) is 10.3 Å². The molecule has 2 heterocycles. The van der Waals surface area contributed by atoms with Crippen molar-refractivity contribution < 1.29 is 9.59 Å². The van der Waals surface area contributed by atoms with Crippen LogP contribution >= 0.6 is 76.1 Å². The van der Waals surface area contributed by atoms with E-state index in [4.69, 9.17) is 0 Å². The molecular weight excluding hydrogens is 620 g/mol. The van der Waals surface area contributed by atoms with Crippen LogP contribution in [-0.2, 0) is 0 Å². The molecule has 0 atom stereocenters. The molecule has 32 heavy (non-hydrogen) atoms. The number of halogens is 2. The maximum Gasteiger partial charge on any atom is 0.257 e. The highest BCUT2D eigenvalue weighted by atomic mass is 79.9. The zero-order valence-electron chi connectivity index (χ0n) is 15.6. The van der Waals surface area contributed by atoms with E-state index in [1.54, 1.807) is 48.5 Å². The van der Waals surface area contributed by atoms with Crippen LogP contribution in [0, 0.1) is 0 Å². The van der Waals surface area contributed by atoms with Gasteiger partial charge in [-0.3, -0.25) is 20.2 Å². The summed E-state index contributed by atoms with van der Waals surface area (Å²) in [5.41, 5.74) is 1.05. The van der Waals surface area contributed by atoms with E-state index in [2.05, 4.69) is 62.9 Å². The van der Waals surface area contributed by atoms with Crippen molar-refractivity contribution >= 4 is 98.2 Å². The Labute approximate surface area is 214 Å². The Bertz CT molecular complexity index is 1150. The molecule has 0 spiro atoms. The van der Waals surface area contributed by atoms with Gasteiger partial charge in [0.15, 0.2) is 8.68 Å². The number of nitrogens with one attached hydrogen (secondary N) is 2. The molecule has 2 aromatic carbocycles. The summed E-state index contributed by atoms with van der Waals surface area (Å²) in [5.74, 6) is -0.513. The van der Waals surface area contributed by atoms with Crippen LogP contribution < -0.4 is 10.6 Å². The minimum absolute atomic E-state index is 0.256. The predicted octanol–water partition coefficient (Wildman–Crippen LogP) is 6.22. The topological polar surface area (TPSA) is 110 Å². The molecular formula is C18H10Br2N6O2S4. The zero-order valence-corrected chi connectivity index (χ0v) is 22.1. The fourth-order valence-electron chi connectivity index (χ4n) is 2.20. The first-order valence-corrected chi connectivity index (χ1v) is 14.0. The van der Waals surface area contributed by atoms with Crippen molar-refractivity contribution in [2.45, 2.75) is 8.68 Å². The Kier molecular flexibility index (Phi) is 7.91. The molecule has 4 rings (SSSR count). The van der Waals surface area contributed by atoms with Gasteiger partial charge < -0.3 is 0 Å². The summed E-state index contributed by atoms with van der Waals surface area (Å²) in [6, 6.07) is 14.1. The first kappa shape index (κ1) is 23.3. The van der Waals surface area contributed by atoms with Crippen LogP contribution in [0.2, 0.25) is 0 Å². The average molecular weight is 630 g/mol. The van der Waals surface area contributed by atoms with Crippen molar-refractivity contribution in [3.05, 3.63) is 68.6 Å².